The van der Waals surface area contributed by atoms with Gasteiger partial charge in [-0.25, -0.2) is 0 Å². The van der Waals surface area contributed by atoms with Crippen LogP contribution in [0.15, 0.2) is 40.0 Å². The summed E-state index contributed by atoms with van der Waals surface area (Å²) in [6, 6.07) is 5.16. The Morgan fingerprint density at radius 1 is 1.53 bits per heavy atom. The molecule has 5 heteroatoms. The maximum Gasteiger partial charge on any atom is 0.279 e. The molecule has 0 radical (unpaired) electrons. The van der Waals surface area contributed by atoms with E-state index in [4.69, 9.17) is 4.52 Å². The van der Waals surface area contributed by atoms with Gasteiger partial charge in [0.25, 0.3) is 5.56 Å². The summed E-state index contributed by atoms with van der Waals surface area (Å²) in [5, 5.41) is 6.70. The van der Waals surface area contributed by atoms with E-state index in [1.807, 2.05) is 6.92 Å². The Morgan fingerprint density at radius 2 is 2.40 bits per heavy atom. The van der Waals surface area contributed by atoms with Crippen LogP contribution in [0.25, 0.3) is 5.82 Å². The third-order valence-electron chi connectivity index (χ3n) is 1.99. The van der Waals surface area contributed by atoms with Gasteiger partial charge in [-0.15, -0.1) is 0 Å². The van der Waals surface area contributed by atoms with E-state index in [9.17, 15) is 4.79 Å². The fraction of sp³-hybridized carbons (Fsp3) is 0.200. The van der Waals surface area contributed by atoms with Gasteiger partial charge in [-0.1, -0.05) is 5.16 Å². The molecule has 0 spiro atoms. The van der Waals surface area contributed by atoms with Gasteiger partial charge >= 0.3 is 0 Å². The lowest BCUT2D eigenvalue weighted by atomic mass is 10.4. The predicted octanol–water partition coefficient (Wildman–Crippen LogP) is 1.26. The number of pyridine rings is 1. The van der Waals surface area contributed by atoms with Crippen LogP contribution in [0.4, 0.5) is 5.69 Å². The zero-order chi connectivity index (χ0) is 10.7. The van der Waals surface area contributed by atoms with Gasteiger partial charge in [0.05, 0.1) is 0 Å². The molecule has 0 bridgehead atoms. The molecule has 2 aromatic heterocycles. The van der Waals surface area contributed by atoms with Crippen LogP contribution in [-0.2, 0) is 0 Å². The normalized spacial score (nSPS) is 10.2. The molecule has 0 saturated heterocycles. The highest BCUT2D eigenvalue weighted by Crippen LogP contribution is 2.04. The summed E-state index contributed by atoms with van der Waals surface area (Å²) in [7, 11) is 0. The SMILES string of the molecule is CCNc1cccn(-c2ccon2)c1=O. The van der Waals surface area contributed by atoms with Gasteiger partial charge in [0.1, 0.15) is 12.0 Å². The number of nitrogens with zero attached hydrogens (tertiary/aromatic N) is 2. The number of hydrogen-bond donors (Lipinski definition) is 1. The van der Waals surface area contributed by atoms with Gasteiger partial charge in [-0.3, -0.25) is 9.36 Å². The molecule has 0 aliphatic carbocycles. The Morgan fingerprint density at radius 3 is 3.07 bits per heavy atom. The van der Waals surface area contributed by atoms with Crippen LogP contribution >= 0.6 is 0 Å². The van der Waals surface area contributed by atoms with Crippen molar-refractivity contribution in [3.8, 4) is 5.82 Å². The van der Waals surface area contributed by atoms with Gasteiger partial charge < -0.3 is 9.84 Å². The van der Waals surface area contributed by atoms with E-state index in [0.717, 1.165) is 0 Å². The Kier molecular flexibility index (Phi) is 2.53. The van der Waals surface area contributed by atoms with Crippen molar-refractivity contribution in [2.75, 3.05) is 11.9 Å². The number of anilines is 1. The molecule has 5 nitrogen and oxygen atoms in total. The zero-order valence-corrected chi connectivity index (χ0v) is 8.30. The van der Waals surface area contributed by atoms with E-state index in [1.54, 1.807) is 24.4 Å². The Labute approximate surface area is 86.3 Å². The van der Waals surface area contributed by atoms with E-state index in [0.29, 0.717) is 18.1 Å². The summed E-state index contributed by atoms with van der Waals surface area (Å²) in [5.41, 5.74) is 0.427. The largest absolute Gasteiger partial charge is 0.381 e. The average Bonchev–Trinajstić information content (AvgIpc) is 2.74. The fourth-order valence-corrected chi connectivity index (χ4v) is 1.33. The van der Waals surface area contributed by atoms with E-state index >= 15 is 0 Å². The summed E-state index contributed by atoms with van der Waals surface area (Å²) in [4.78, 5) is 11.9. The van der Waals surface area contributed by atoms with Crippen LogP contribution in [0.5, 0.6) is 0 Å². The molecule has 2 heterocycles. The van der Waals surface area contributed by atoms with Crippen molar-refractivity contribution in [2.24, 2.45) is 0 Å². The van der Waals surface area contributed by atoms with Crippen molar-refractivity contribution in [1.82, 2.24) is 9.72 Å². The summed E-state index contributed by atoms with van der Waals surface area (Å²) in [6.07, 6.45) is 3.09. The average molecular weight is 205 g/mol. The van der Waals surface area contributed by atoms with Crippen molar-refractivity contribution in [3.63, 3.8) is 0 Å². The number of aromatic nitrogens is 2. The van der Waals surface area contributed by atoms with Gasteiger partial charge in [0, 0.05) is 18.8 Å². The molecular formula is C10H11N3O2. The van der Waals surface area contributed by atoms with Gasteiger partial charge in [0.2, 0.25) is 0 Å². The minimum Gasteiger partial charge on any atom is -0.381 e. The molecular weight excluding hydrogens is 194 g/mol. The van der Waals surface area contributed by atoms with E-state index < -0.39 is 0 Å². The van der Waals surface area contributed by atoms with Crippen LogP contribution in [0.3, 0.4) is 0 Å². The Hall–Kier alpha value is -2.04. The summed E-state index contributed by atoms with van der Waals surface area (Å²) in [5.74, 6) is 0.486. The lowest BCUT2D eigenvalue weighted by molar-refractivity contribution is 0.416. The molecule has 0 aromatic carbocycles. The highest BCUT2D eigenvalue weighted by atomic mass is 16.5. The van der Waals surface area contributed by atoms with Gasteiger partial charge in [-0.05, 0) is 19.1 Å². The number of nitrogens with one attached hydrogen (secondary N) is 1. The summed E-state index contributed by atoms with van der Waals surface area (Å²) < 4.78 is 6.13. The molecule has 2 rings (SSSR count). The minimum atomic E-state index is -0.131. The predicted molar refractivity (Wildman–Crippen MR) is 56.3 cm³/mol. The van der Waals surface area contributed by atoms with Crippen LogP contribution in [-0.4, -0.2) is 16.3 Å². The summed E-state index contributed by atoms with van der Waals surface area (Å²) >= 11 is 0. The van der Waals surface area contributed by atoms with Crippen molar-refractivity contribution >= 4 is 5.69 Å². The molecule has 0 amide bonds. The number of hydrogen-bond acceptors (Lipinski definition) is 4. The van der Waals surface area contributed by atoms with Crippen LogP contribution in [0, 0.1) is 0 Å². The Balaban J connectivity index is 2.50. The molecule has 0 fully saturated rings. The van der Waals surface area contributed by atoms with E-state index in [2.05, 4.69) is 10.5 Å². The molecule has 15 heavy (non-hydrogen) atoms. The van der Waals surface area contributed by atoms with E-state index in [1.165, 1.54) is 10.8 Å². The third kappa shape index (κ3) is 1.76. The first-order valence-corrected chi connectivity index (χ1v) is 4.69. The smallest absolute Gasteiger partial charge is 0.279 e. The van der Waals surface area contributed by atoms with Crippen LogP contribution in [0.2, 0.25) is 0 Å². The number of rotatable bonds is 3. The van der Waals surface area contributed by atoms with E-state index in [-0.39, 0.29) is 5.56 Å². The van der Waals surface area contributed by atoms with Crippen molar-refractivity contribution < 1.29 is 4.52 Å². The maximum atomic E-state index is 11.9. The second-order valence-electron chi connectivity index (χ2n) is 2.98. The van der Waals surface area contributed by atoms with Gasteiger partial charge in [0.15, 0.2) is 5.82 Å². The molecule has 1 N–H and O–H groups in total. The van der Waals surface area contributed by atoms with Crippen molar-refractivity contribution in [3.05, 3.63) is 41.0 Å². The lowest BCUT2D eigenvalue weighted by Crippen LogP contribution is -2.21. The molecule has 78 valence electrons. The molecule has 0 atom stereocenters. The summed E-state index contributed by atoms with van der Waals surface area (Å²) in [6.45, 7) is 2.64. The molecule has 0 aliphatic rings. The van der Waals surface area contributed by atoms with Crippen molar-refractivity contribution in [1.29, 1.82) is 0 Å². The Bertz CT molecular complexity index is 488. The topological polar surface area (TPSA) is 60.1 Å². The van der Waals surface area contributed by atoms with Crippen molar-refractivity contribution in [2.45, 2.75) is 6.92 Å². The minimum absolute atomic E-state index is 0.131. The maximum absolute atomic E-state index is 11.9. The highest BCUT2D eigenvalue weighted by molar-refractivity contribution is 5.42. The first-order chi connectivity index (χ1) is 7.33. The first kappa shape index (κ1) is 9.51. The van der Waals surface area contributed by atoms with Crippen LogP contribution < -0.4 is 10.9 Å². The first-order valence-electron chi connectivity index (χ1n) is 4.69. The highest BCUT2D eigenvalue weighted by Gasteiger charge is 2.05. The third-order valence-corrected chi connectivity index (χ3v) is 1.99. The second-order valence-corrected chi connectivity index (χ2v) is 2.98. The molecule has 0 aliphatic heterocycles. The zero-order valence-electron chi connectivity index (χ0n) is 8.30. The molecule has 2 aromatic rings. The van der Waals surface area contributed by atoms with Gasteiger partial charge in [-0.2, -0.15) is 0 Å². The quantitative estimate of drug-likeness (QED) is 0.819. The fourth-order valence-electron chi connectivity index (χ4n) is 1.33. The standard InChI is InChI=1S/C10H11N3O2/c1-2-11-8-4-3-6-13(10(8)14)9-5-7-15-12-9/h3-7,11H,2H2,1H3. The lowest BCUT2D eigenvalue weighted by Gasteiger charge is -2.05. The van der Waals surface area contributed by atoms with Crippen LogP contribution in [0.1, 0.15) is 6.92 Å². The second kappa shape index (κ2) is 4.00. The molecule has 0 unspecified atom stereocenters. The monoisotopic (exact) mass is 205 g/mol. The molecule has 0 saturated carbocycles.